The summed E-state index contributed by atoms with van der Waals surface area (Å²) in [4.78, 5) is 2.27. The molecule has 0 amide bonds. The summed E-state index contributed by atoms with van der Waals surface area (Å²) < 4.78 is 0. The number of nitrogens with zero attached hydrogens (tertiary/aromatic N) is 1. The lowest BCUT2D eigenvalue weighted by atomic mass is 9.85. The molecule has 16 heavy (non-hydrogen) atoms. The maximum Gasteiger partial charge on any atom is 0.128 e. The lowest BCUT2D eigenvalue weighted by Gasteiger charge is -2.25. The fourth-order valence-electron chi connectivity index (χ4n) is 2.49. The van der Waals surface area contributed by atoms with E-state index in [4.69, 9.17) is 0 Å². The van der Waals surface area contributed by atoms with E-state index < -0.39 is 0 Å². The van der Waals surface area contributed by atoms with Gasteiger partial charge in [0.1, 0.15) is 5.69 Å². The normalized spacial score (nSPS) is 15.1. The molecule has 1 aromatic carbocycles. The van der Waals surface area contributed by atoms with Crippen LogP contribution in [0, 0.1) is 5.92 Å². The molecule has 0 aromatic heterocycles. The molecule has 90 valence electrons. The SMILES string of the molecule is CC[C@@H](c1cccc([NH3+])c1)[C@@H](C)CN(C)C. The number of hydrogen-bond donors (Lipinski definition) is 1. The molecule has 0 unspecified atom stereocenters. The minimum atomic E-state index is 0.643. The third-order valence-corrected chi connectivity index (χ3v) is 3.16. The maximum absolute atomic E-state index is 4.01. The van der Waals surface area contributed by atoms with Crippen molar-refractivity contribution in [3.8, 4) is 0 Å². The molecule has 0 spiro atoms. The van der Waals surface area contributed by atoms with Crippen molar-refractivity contribution in [1.82, 2.24) is 4.90 Å². The number of benzene rings is 1. The minimum Gasteiger partial charge on any atom is -0.325 e. The van der Waals surface area contributed by atoms with Gasteiger partial charge in [0.2, 0.25) is 0 Å². The van der Waals surface area contributed by atoms with Crippen LogP contribution in [0.2, 0.25) is 0 Å². The zero-order valence-electron chi connectivity index (χ0n) is 11.0. The van der Waals surface area contributed by atoms with Crippen LogP contribution in [0.5, 0.6) is 0 Å². The van der Waals surface area contributed by atoms with Gasteiger partial charge in [0, 0.05) is 12.6 Å². The molecule has 0 aliphatic rings. The highest BCUT2D eigenvalue weighted by molar-refractivity contribution is 5.34. The molecule has 0 saturated carbocycles. The zero-order chi connectivity index (χ0) is 12.1. The molecule has 0 radical (unpaired) electrons. The molecular weight excluding hydrogens is 196 g/mol. The molecule has 2 heteroatoms. The summed E-state index contributed by atoms with van der Waals surface area (Å²) in [6.07, 6.45) is 1.19. The van der Waals surface area contributed by atoms with Gasteiger partial charge in [0.25, 0.3) is 0 Å². The molecular formula is C14H25N2+. The highest BCUT2D eigenvalue weighted by Gasteiger charge is 2.18. The molecule has 2 nitrogen and oxygen atoms in total. The van der Waals surface area contributed by atoms with Gasteiger partial charge < -0.3 is 10.6 Å². The standard InChI is InChI=1S/C14H24N2/c1-5-14(11(2)10-16(3)4)12-7-6-8-13(15)9-12/h6-9,11,14H,5,10,15H2,1-4H3/p+1/t11-,14+/m0/s1. The second kappa shape index (κ2) is 6.02. The Labute approximate surface area is 99.5 Å². The maximum atomic E-state index is 4.01. The van der Waals surface area contributed by atoms with Gasteiger partial charge in [-0.25, -0.2) is 0 Å². The van der Waals surface area contributed by atoms with Gasteiger partial charge in [-0.15, -0.1) is 0 Å². The largest absolute Gasteiger partial charge is 0.325 e. The Bertz CT molecular complexity index is 320. The first kappa shape index (κ1) is 13.2. The first-order valence-corrected chi connectivity index (χ1v) is 6.11. The Morgan fingerprint density at radius 2 is 2.00 bits per heavy atom. The molecule has 0 bridgehead atoms. The van der Waals surface area contributed by atoms with Crippen LogP contribution in [0.4, 0.5) is 5.69 Å². The number of rotatable bonds is 5. The van der Waals surface area contributed by atoms with E-state index in [-0.39, 0.29) is 0 Å². The van der Waals surface area contributed by atoms with E-state index in [1.54, 1.807) is 0 Å². The average molecular weight is 221 g/mol. The quantitative estimate of drug-likeness (QED) is 0.812. The Balaban J connectivity index is 2.81. The summed E-state index contributed by atoms with van der Waals surface area (Å²) in [5.41, 5.74) is 6.56. The first-order valence-electron chi connectivity index (χ1n) is 6.11. The third kappa shape index (κ3) is 3.62. The molecule has 0 fully saturated rings. The van der Waals surface area contributed by atoms with Gasteiger partial charge >= 0.3 is 0 Å². The predicted octanol–water partition coefficient (Wildman–Crippen LogP) is 2.25. The fraction of sp³-hybridized carbons (Fsp3) is 0.571. The summed E-state index contributed by atoms with van der Waals surface area (Å²) in [7, 11) is 4.28. The van der Waals surface area contributed by atoms with Gasteiger partial charge in [-0.1, -0.05) is 26.0 Å². The van der Waals surface area contributed by atoms with Gasteiger partial charge in [0.05, 0.1) is 0 Å². The van der Waals surface area contributed by atoms with Gasteiger partial charge in [0.15, 0.2) is 0 Å². The van der Waals surface area contributed by atoms with E-state index in [9.17, 15) is 0 Å². The van der Waals surface area contributed by atoms with Crippen molar-refractivity contribution in [3.05, 3.63) is 29.8 Å². The van der Waals surface area contributed by atoms with E-state index in [0.29, 0.717) is 11.8 Å². The lowest BCUT2D eigenvalue weighted by Crippen LogP contribution is -2.40. The van der Waals surface area contributed by atoms with Crippen LogP contribution in [-0.2, 0) is 0 Å². The van der Waals surface area contributed by atoms with E-state index in [1.165, 1.54) is 12.0 Å². The van der Waals surface area contributed by atoms with Crippen molar-refractivity contribution in [2.45, 2.75) is 26.2 Å². The molecule has 0 saturated heterocycles. The monoisotopic (exact) mass is 221 g/mol. The second-order valence-electron chi connectivity index (χ2n) is 5.00. The van der Waals surface area contributed by atoms with Crippen LogP contribution in [0.15, 0.2) is 24.3 Å². The Hall–Kier alpha value is -0.860. The van der Waals surface area contributed by atoms with E-state index >= 15 is 0 Å². The Morgan fingerprint density at radius 1 is 1.31 bits per heavy atom. The predicted molar refractivity (Wildman–Crippen MR) is 69.7 cm³/mol. The molecule has 1 aromatic rings. The minimum absolute atomic E-state index is 0.643. The zero-order valence-corrected chi connectivity index (χ0v) is 11.0. The van der Waals surface area contributed by atoms with Crippen LogP contribution >= 0.6 is 0 Å². The highest BCUT2D eigenvalue weighted by atomic mass is 15.1. The van der Waals surface area contributed by atoms with Gasteiger partial charge in [-0.05, 0) is 44.0 Å². The van der Waals surface area contributed by atoms with Crippen molar-refractivity contribution in [2.24, 2.45) is 5.92 Å². The smallest absolute Gasteiger partial charge is 0.128 e. The van der Waals surface area contributed by atoms with Crippen LogP contribution in [0.3, 0.4) is 0 Å². The first-order chi connectivity index (χ1) is 7.54. The molecule has 2 atom stereocenters. The molecule has 1 rings (SSSR count). The van der Waals surface area contributed by atoms with E-state index in [1.807, 2.05) is 0 Å². The van der Waals surface area contributed by atoms with Crippen molar-refractivity contribution in [1.29, 1.82) is 0 Å². The Morgan fingerprint density at radius 3 is 2.50 bits per heavy atom. The lowest BCUT2D eigenvalue weighted by molar-refractivity contribution is -0.254. The third-order valence-electron chi connectivity index (χ3n) is 3.16. The summed E-state index contributed by atoms with van der Waals surface area (Å²) >= 11 is 0. The molecule has 0 aliphatic heterocycles. The summed E-state index contributed by atoms with van der Waals surface area (Å²) in [5.74, 6) is 1.32. The van der Waals surface area contributed by atoms with Crippen LogP contribution in [0.1, 0.15) is 31.7 Å². The fourth-order valence-corrected chi connectivity index (χ4v) is 2.49. The summed E-state index contributed by atoms with van der Waals surface area (Å²) in [6.45, 7) is 5.75. The van der Waals surface area contributed by atoms with Crippen molar-refractivity contribution < 1.29 is 5.73 Å². The summed E-state index contributed by atoms with van der Waals surface area (Å²) in [6, 6.07) is 8.63. The Kier molecular flexibility index (Phi) is 4.97. The average Bonchev–Trinajstić information content (AvgIpc) is 2.17. The van der Waals surface area contributed by atoms with Crippen LogP contribution < -0.4 is 5.73 Å². The van der Waals surface area contributed by atoms with Crippen LogP contribution in [0.25, 0.3) is 0 Å². The van der Waals surface area contributed by atoms with Gasteiger partial charge in [-0.3, -0.25) is 0 Å². The van der Waals surface area contributed by atoms with E-state index in [2.05, 4.69) is 62.8 Å². The molecule has 3 N–H and O–H groups in total. The highest BCUT2D eigenvalue weighted by Crippen LogP contribution is 2.29. The van der Waals surface area contributed by atoms with E-state index in [0.717, 1.165) is 12.2 Å². The number of hydrogen-bond acceptors (Lipinski definition) is 1. The van der Waals surface area contributed by atoms with Crippen LogP contribution in [-0.4, -0.2) is 25.5 Å². The van der Waals surface area contributed by atoms with Gasteiger partial charge in [-0.2, -0.15) is 0 Å². The molecule has 0 heterocycles. The molecule has 0 aliphatic carbocycles. The second-order valence-corrected chi connectivity index (χ2v) is 5.00. The summed E-state index contributed by atoms with van der Waals surface area (Å²) in [5, 5.41) is 0. The van der Waals surface area contributed by atoms with Crippen molar-refractivity contribution in [3.63, 3.8) is 0 Å². The topological polar surface area (TPSA) is 30.9 Å². The number of quaternary nitrogens is 1. The van der Waals surface area contributed by atoms with Crippen molar-refractivity contribution in [2.75, 3.05) is 20.6 Å². The van der Waals surface area contributed by atoms with Crippen molar-refractivity contribution >= 4 is 5.69 Å².